The summed E-state index contributed by atoms with van der Waals surface area (Å²) in [6.45, 7) is 2.69. The van der Waals surface area contributed by atoms with Crippen LogP contribution in [0.15, 0.2) is 158 Å². The number of hydrogen-bond donors (Lipinski definition) is 6. The minimum absolute atomic E-state index is 0.140. The standard InChI is InChI=1S/C40H34N6O8S/c1-24-7-10-30(14-16-35(24)45-43-31-11-8-26(9-12-31)23-42-33-19-28(39(48)49)17-29(20-33)40(50)51)44-46-37-36(55(52,53)54)21-27-18-32(13-15-34(27)38(37)47)41-22-25-5-3-2-4-6-25/h2-6,8-21,41-42,47H,7,22-23H2,1H3,(H,48,49)(H,50,51)(H,52,53,54). The van der Waals surface area contributed by atoms with Gasteiger partial charge >= 0.3 is 11.9 Å². The maximum absolute atomic E-state index is 12.4. The van der Waals surface area contributed by atoms with Gasteiger partial charge in [0.05, 0.1) is 28.2 Å². The topological polar surface area (TPSA) is 223 Å². The van der Waals surface area contributed by atoms with E-state index in [1.807, 2.05) is 37.3 Å². The van der Waals surface area contributed by atoms with Gasteiger partial charge in [0.2, 0.25) is 0 Å². The van der Waals surface area contributed by atoms with Crippen molar-refractivity contribution in [2.75, 3.05) is 10.6 Å². The van der Waals surface area contributed by atoms with Crippen LogP contribution in [0.2, 0.25) is 0 Å². The van der Waals surface area contributed by atoms with Crippen LogP contribution in [0.3, 0.4) is 0 Å². The number of hydrogen-bond acceptors (Lipinski definition) is 11. The Balaban J connectivity index is 1.13. The van der Waals surface area contributed by atoms with Gasteiger partial charge in [-0.15, -0.1) is 5.11 Å². The summed E-state index contributed by atoms with van der Waals surface area (Å²) in [6, 6.07) is 26.9. The van der Waals surface area contributed by atoms with Gasteiger partial charge in [0, 0.05) is 29.9 Å². The molecule has 15 heteroatoms. The van der Waals surface area contributed by atoms with Gasteiger partial charge in [0.1, 0.15) is 10.6 Å². The van der Waals surface area contributed by atoms with Gasteiger partial charge in [-0.25, -0.2) is 9.59 Å². The third-order valence-corrected chi connectivity index (χ3v) is 9.40. The second-order valence-electron chi connectivity index (χ2n) is 12.5. The summed E-state index contributed by atoms with van der Waals surface area (Å²) in [4.78, 5) is 22.2. The van der Waals surface area contributed by atoms with Crippen LogP contribution in [0, 0.1) is 0 Å². The summed E-state index contributed by atoms with van der Waals surface area (Å²) in [5.74, 6) is -2.92. The molecule has 0 fully saturated rings. The van der Waals surface area contributed by atoms with Crippen molar-refractivity contribution in [1.29, 1.82) is 0 Å². The molecule has 1 aliphatic carbocycles. The first kappa shape index (κ1) is 37.8. The van der Waals surface area contributed by atoms with Crippen molar-refractivity contribution in [3.8, 4) is 5.75 Å². The van der Waals surface area contributed by atoms with Crippen molar-refractivity contribution < 1.29 is 37.9 Å². The van der Waals surface area contributed by atoms with Crippen LogP contribution in [0.25, 0.3) is 10.8 Å². The number of allylic oxidation sites excluding steroid dienone is 4. The van der Waals surface area contributed by atoms with E-state index in [-0.39, 0.29) is 11.1 Å². The number of aromatic carboxylic acids is 2. The number of nitrogens with one attached hydrogen (secondary N) is 2. The molecule has 0 saturated carbocycles. The molecule has 0 atom stereocenters. The number of phenols is 1. The van der Waals surface area contributed by atoms with E-state index in [0.717, 1.165) is 22.8 Å². The fourth-order valence-corrected chi connectivity index (χ4v) is 6.22. The number of anilines is 2. The fourth-order valence-electron chi connectivity index (χ4n) is 5.57. The average molecular weight is 759 g/mol. The molecule has 0 amide bonds. The van der Waals surface area contributed by atoms with Gasteiger partial charge in [-0.2, -0.15) is 23.8 Å². The predicted molar refractivity (Wildman–Crippen MR) is 207 cm³/mol. The summed E-state index contributed by atoms with van der Waals surface area (Å²) >= 11 is 0. The Morgan fingerprint density at radius 2 is 1.38 bits per heavy atom. The van der Waals surface area contributed by atoms with Gasteiger partial charge in [-0.05, 0) is 102 Å². The lowest BCUT2D eigenvalue weighted by Gasteiger charge is -2.11. The van der Waals surface area contributed by atoms with E-state index in [9.17, 15) is 37.9 Å². The molecule has 1 aliphatic rings. The van der Waals surface area contributed by atoms with Crippen molar-refractivity contribution >= 4 is 55.6 Å². The minimum Gasteiger partial charge on any atom is -0.505 e. The second-order valence-corrected chi connectivity index (χ2v) is 13.9. The molecule has 0 saturated heterocycles. The minimum atomic E-state index is -4.80. The van der Waals surface area contributed by atoms with Crippen LogP contribution >= 0.6 is 0 Å². The Morgan fingerprint density at radius 1 is 0.727 bits per heavy atom. The molecule has 6 rings (SSSR count). The first-order valence-corrected chi connectivity index (χ1v) is 18.2. The third kappa shape index (κ3) is 9.53. The van der Waals surface area contributed by atoms with E-state index in [1.165, 1.54) is 18.2 Å². The Bertz CT molecular complexity index is 2530. The molecule has 278 valence electrons. The van der Waals surface area contributed by atoms with E-state index >= 15 is 0 Å². The van der Waals surface area contributed by atoms with Crippen molar-refractivity contribution in [3.63, 3.8) is 0 Å². The zero-order chi connectivity index (χ0) is 39.1. The maximum atomic E-state index is 12.4. The highest BCUT2D eigenvalue weighted by molar-refractivity contribution is 7.86. The zero-order valence-corrected chi connectivity index (χ0v) is 30.0. The number of phenolic OH excluding ortho intramolecular Hbond substituents is 1. The van der Waals surface area contributed by atoms with Crippen LogP contribution in [0.5, 0.6) is 5.75 Å². The van der Waals surface area contributed by atoms with Crippen molar-refractivity contribution in [3.05, 3.63) is 155 Å². The Kier molecular flexibility index (Phi) is 11.2. The number of nitrogens with zero attached hydrogens (tertiary/aromatic N) is 4. The number of fused-ring (bicyclic) bond motifs is 1. The molecular weight excluding hydrogens is 725 g/mol. The van der Waals surface area contributed by atoms with Gasteiger partial charge in [0.15, 0.2) is 5.75 Å². The van der Waals surface area contributed by atoms with Gasteiger partial charge < -0.3 is 26.0 Å². The Labute approximate surface area is 315 Å². The number of rotatable bonds is 13. The van der Waals surface area contributed by atoms with Crippen LogP contribution in [-0.2, 0) is 23.2 Å². The van der Waals surface area contributed by atoms with Crippen molar-refractivity contribution in [2.45, 2.75) is 31.3 Å². The number of carboxylic acids is 2. The fraction of sp³-hybridized carbons (Fsp3) is 0.100. The number of carboxylic acid groups (broad SMARTS) is 2. The number of carbonyl (C=O) groups is 2. The lowest BCUT2D eigenvalue weighted by Crippen LogP contribution is -2.06. The zero-order valence-electron chi connectivity index (χ0n) is 29.2. The van der Waals surface area contributed by atoms with Crippen LogP contribution in [0.1, 0.15) is 45.2 Å². The number of aromatic hydroxyl groups is 1. The molecule has 0 spiro atoms. The molecule has 0 aromatic heterocycles. The second kappa shape index (κ2) is 16.4. The summed E-state index contributed by atoms with van der Waals surface area (Å²) in [5.41, 5.74) is 4.55. The van der Waals surface area contributed by atoms with Crippen molar-refractivity contribution in [2.24, 2.45) is 20.5 Å². The lowest BCUT2D eigenvalue weighted by atomic mass is 10.1. The molecular formula is C40H34N6O8S. The molecule has 14 nitrogen and oxygen atoms in total. The van der Waals surface area contributed by atoms with Crippen molar-refractivity contribution in [1.82, 2.24) is 0 Å². The van der Waals surface area contributed by atoms with Crippen LogP contribution in [-0.4, -0.2) is 40.2 Å². The normalized spacial score (nSPS) is 13.3. The smallest absolute Gasteiger partial charge is 0.335 e. The van der Waals surface area contributed by atoms with E-state index in [2.05, 4.69) is 31.1 Å². The molecule has 6 N–H and O–H groups in total. The lowest BCUT2D eigenvalue weighted by molar-refractivity contribution is 0.0696. The molecule has 55 heavy (non-hydrogen) atoms. The molecule has 5 aromatic rings. The molecule has 0 heterocycles. The summed E-state index contributed by atoms with van der Waals surface area (Å²) in [5, 5.41) is 53.7. The summed E-state index contributed by atoms with van der Waals surface area (Å²) in [7, 11) is -4.80. The third-order valence-electron chi connectivity index (χ3n) is 8.53. The summed E-state index contributed by atoms with van der Waals surface area (Å²) in [6.07, 6.45) is 5.47. The number of azo groups is 2. The highest BCUT2D eigenvalue weighted by Crippen LogP contribution is 2.42. The van der Waals surface area contributed by atoms with Gasteiger partial charge in [-0.1, -0.05) is 48.5 Å². The average Bonchev–Trinajstić information content (AvgIpc) is 3.35. The molecule has 5 aromatic carbocycles. The SMILES string of the molecule is CC1=C(N=Nc2ccc(CNc3cc(C(=O)O)cc(C(=O)O)c3)cc2)C=CC(N=Nc2c(S(=O)(=O)O)cc3cc(NCc4ccccc4)ccc3c2O)=CC1. The molecule has 0 radical (unpaired) electrons. The Hall–Kier alpha value is -6.97. The van der Waals surface area contributed by atoms with Crippen LogP contribution in [0.4, 0.5) is 22.7 Å². The maximum Gasteiger partial charge on any atom is 0.335 e. The number of benzene rings is 5. The quantitative estimate of drug-likeness (QED) is 0.0493. The van der Waals surface area contributed by atoms with Crippen LogP contribution < -0.4 is 10.6 Å². The summed E-state index contributed by atoms with van der Waals surface area (Å²) < 4.78 is 34.9. The Morgan fingerprint density at radius 3 is 2.04 bits per heavy atom. The predicted octanol–water partition coefficient (Wildman–Crippen LogP) is 9.40. The monoisotopic (exact) mass is 758 g/mol. The van der Waals surface area contributed by atoms with E-state index in [0.29, 0.717) is 58.7 Å². The largest absolute Gasteiger partial charge is 0.505 e. The molecule has 0 bridgehead atoms. The van der Waals surface area contributed by atoms with E-state index in [4.69, 9.17) is 0 Å². The van der Waals surface area contributed by atoms with E-state index in [1.54, 1.807) is 60.7 Å². The highest BCUT2D eigenvalue weighted by Gasteiger charge is 2.22. The van der Waals surface area contributed by atoms with Gasteiger partial charge in [-0.3, -0.25) is 4.55 Å². The first-order valence-electron chi connectivity index (χ1n) is 16.7. The molecule has 0 unspecified atom stereocenters. The first-order chi connectivity index (χ1) is 26.3. The van der Waals surface area contributed by atoms with E-state index < -0.39 is 38.4 Å². The van der Waals surface area contributed by atoms with Gasteiger partial charge in [0.25, 0.3) is 10.1 Å². The molecule has 0 aliphatic heterocycles. The highest BCUT2D eigenvalue weighted by atomic mass is 32.2.